The molecule has 1 aliphatic rings. The van der Waals surface area contributed by atoms with E-state index >= 15 is 0 Å². The van der Waals surface area contributed by atoms with Gasteiger partial charge in [0.15, 0.2) is 0 Å². The van der Waals surface area contributed by atoms with Crippen LogP contribution in [0.5, 0.6) is 0 Å². The van der Waals surface area contributed by atoms with Gasteiger partial charge in [-0.05, 0) is 54.4 Å². The highest BCUT2D eigenvalue weighted by molar-refractivity contribution is 7.89. The maximum Gasteiger partial charge on any atom is 0.243 e. The summed E-state index contributed by atoms with van der Waals surface area (Å²) in [5.74, 6) is -1.43. The molecule has 2 unspecified atom stereocenters. The van der Waals surface area contributed by atoms with E-state index in [-0.39, 0.29) is 42.2 Å². The molecule has 0 aliphatic carbocycles. The van der Waals surface area contributed by atoms with Gasteiger partial charge in [0.1, 0.15) is 5.82 Å². The molecule has 0 bridgehead atoms. The highest BCUT2D eigenvalue weighted by Gasteiger charge is 2.43. The van der Waals surface area contributed by atoms with Crippen molar-refractivity contribution in [3.05, 3.63) is 100 Å². The zero-order chi connectivity index (χ0) is 23.6. The zero-order valence-electron chi connectivity index (χ0n) is 18.0. The number of halogens is 2. The van der Waals surface area contributed by atoms with E-state index in [1.54, 1.807) is 12.1 Å². The van der Waals surface area contributed by atoms with Crippen LogP contribution in [0.3, 0.4) is 0 Å². The molecule has 0 radical (unpaired) electrons. The minimum Gasteiger partial charge on any atom is -0.352 e. The Labute approximate surface area is 198 Å². The average Bonchev–Trinajstić information content (AvgIpc) is 3.26. The Balaban J connectivity index is 1.58. The van der Waals surface area contributed by atoms with Gasteiger partial charge >= 0.3 is 0 Å². The highest BCUT2D eigenvalue weighted by Crippen LogP contribution is 2.36. The van der Waals surface area contributed by atoms with Crippen molar-refractivity contribution < 1.29 is 17.6 Å². The summed E-state index contributed by atoms with van der Waals surface area (Å²) >= 11 is 5.91. The first-order valence-electron chi connectivity index (χ1n) is 10.6. The van der Waals surface area contributed by atoms with Gasteiger partial charge in [0.2, 0.25) is 15.9 Å². The van der Waals surface area contributed by atoms with Crippen LogP contribution in [-0.4, -0.2) is 31.7 Å². The molecule has 1 N–H and O–H groups in total. The van der Waals surface area contributed by atoms with Crippen molar-refractivity contribution in [3.8, 4) is 0 Å². The molecule has 1 amide bonds. The molecular weight excluding hydrogens is 463 g/mol. The van der Waals surface area contributed by atoms with Crippen molar-refractivity contribution in [2.45, 2.75) is 24.3 Å². The van der Waals surface area contributed by atoms with Crippen LogP contribution in [0.4, 0.5) is 4.39 Å². The van der Waals surface area contributed by atoms with Crippen molar-refractivity contribution in [1.82, 2.24) is 9.62 Å². The second-order valence-corrected chi connectivity index (χ2v) is 10.6. The van der Waals surface area contributed by atoms with Gasteiger partial charge in [0, 0.05) is 30.6 Å². The van der Waals surface area contributed by atoms with Gasteiger partial charge in [-0.25, -0.2) is 12.8 Å². The number of aryl methyl sites for hydroxylation is 1. The number of sulfonamides is 1. The highest BCUT2D eigenvalue weighted by atomic mass is 35.5. The number of amides is 1. The number of hydrogen-bond donors (Lipinski definition) is 1. The van der Waals surface area contributed by atoms with Crippen LogP contribution >= 0.6 is 11.6 Å². The summed E-state index contributed by atoms with van der Waals surface area (Å²) in [5.41, 5.74) is 2.76. The van der Waals surface area contributed by atoms with Crippen molar-refractivity contribution in [1.29, 1.82) is 0 Å². The predicted molar refractivity (Wildman–Crippen MR) is 126 cm³/mol. The van der Waals surface area contributed by atoms with Crippen molar-refractivity contribution >= 4 is 27.5 Å². The first-order chi connectivity index (χ1) is 15.7. The molecule has 1 fully saturated rings. The lowest BCUT2D eigenvalue weighted by Crippen LogP contribution is -2.35. The third-order valence-corrected chi connectivity index (χ3v) is 8.06. The molecule has 0 aromatic heterocycles. The zero-order valence-corrected chi connectivity index (χ0v) is 19.6. The van der Waals surface area contributed by atoms with Gasteiger partial charge in [-0.1, -0.05) is 53.6 Å². The van der Waals surface area contributed by atoms with E-state index in [1.807, 2.05) is 31.2 Å². The molecule has 2 atom stereocenters. The fraction of sp³-hybridized carbons (Fsp3) is 0.240. The Morgan fingerprint density at radius 1 is 1.00 bits per heavy atom. The SMILES string of the molecule is Cc1ccc(C2CN(S(=O)(=O)c3ccc(Cl)cc3)CC2C(=O)NCc2ccc(F)cc2)cc1. The summed E-state index contributed by atoms with van der Waals surface area (Å²) < 4.78 is 41.1. The summed E-state index contributed by atoms with van der Waals surface area (Å²) in [7, 11) is -3.79. The van der Waals surface area contributed by atoms with E-state index < -0.39 is 15.9 Å². The second kappa shape index (κ2) is 9.63. The first-order valence-corrected chi connectivity index (χ1v) is 12.4. The van der Waals surface area contributed by atoms with Crippen LogP contribution < -0.4 is 5.32 Å². The quantitative estimate of drug-likeness (QED) is 0.557. The van der Waals surface area contributed by atoms with Crippen molar-refractivity contribution in [3.63, 3.8) is 0 Å². The Bertz CT molecular complexity index is 1230. The average molecular weight is 487 g/mol. The third-order valence-electron chi connectivity index (χ3n) is 5.96. The molecule has 172 valence electrons. The van der Waals surface area contributed by atoms with Crippen LogP contribution in [0.15, 0.2) is 77.7 Å². The lowest BCUT2D eigenvalue weighted by Gasteiger charge is -2.18. The fourth-order valence-electron chi connectivity index (χ4n) is 4.06. The molecule has 33 heavy (non-hydrogen) atoms. The van der Waals surface area contributed by atoms with Crippen LogP contribution in [0.1, 0.15) is 22.6 Å². The molecular formula is C25H24ClFN2O3S. The van der Waals surface area contributed by atoms with E-state index in [0.717, 1.165) is 16.7 Å². The van der Waals surface area contributed by atoms with Crippen LogP contribution in [0.25, 0.3) is 0 Å². The number of benzene rings is 3. The molecule has 0 saturated carbocycles. The van der Waals surface area contributed by atoms with Crippen LogP contribution in [0.2, 0.25) is 5.02 Å². The largest absolute Gasteiger partial charge is 0.352 e. The first kappa shape index (κ1) is 23.4. The number of nitrogens with one attached hydrogen (secondary N) is 1. The van der Waals surface area contributed by atoms with E-state index in [4.69, 9.17) is 11.6 Å². The fourth-order valence-corrected chi connectivity index (χ4v) is 5.68. The topological polar surface area (TPSA) is 66.5 Å². The molecule has 8 heteroatoms. The van der Waals surface area contributed by atoms with Crippen LogP contribution in [-0.2, 0) is 21.4 Å². The molecule has 4 rings (SSSR count). The normalized spacial score (nSPS) is 18.9. The summed E-state index contributed by atoms with van der Waals surface area (Å²) in [6.45, 7) is 2.48. The number of carbonyl (C=O) groups excluding carboxylic acids is 1. The van der Waals surface area contributed by atoms with Gasteiger partial charge < -0.3 is 5.32 Å². The Hall–Kier alpha value is -2.74. The van der Waals surface area contributed by atoms with E-state index in [9.17, 15) is 17.6 Å². The van der Waals surface area contributed by atoms with Crippen LogP contribution in [0, 0.1) is 18.7 Å². The minimum atomic E-state index is -3.79. The Kier molecular flexibility index (Phi) is 6.83. The van der Waals surface area contributed by atoms with Gasteiger partial charge in [-0.2, -0.15) is 4.31 Å². The van der Waals surface area contributed by atoms with Gasteiger partial charge in [-0.15, -0.1) is 0 Å². The number of rotatable bonds is 6. The molecule has 3 aromatic carbocycles. The molecule has 3 aromatic rings. The molecule has 1 aliphatic heterocycles. The van der Waals surface area contributed by atoms with Gasteiger partial charge in [0.25, 0.3) is 0 Å². The standard InChI is InChI=1S/C25H24ClFN2O3S/c1-17-2-6-19(7-3-17)23-15-29(33(31,32)22-12-8-20(26)9-13-22)16-24(23)25(30)28-14-18-4-10-21(27)11-5-18/h2-13,23-24H,14-16H2,1H3,(H,28,30). The number of hydrogen-bond acceptors (Lipinski definition) is 3. The summed E-state index contributed by atoms with van der Waals surface area (Å²) in [6.07, 6.45) is 0. The third kappa shape index (κ3) is 5.27. The monoisotopic (exact) mass is 486 g/mol. The van der Waals surface area contributed by atoms with Gasteiger partial charge in [0.05, 0.1) is 10.8 Å². The van der Waals surface area contributed by atoms with E-state index in [2.05, 4.69) is 5.32 Å². The van der Waals surface area contributed by atoms with E-state index in [1.165, 1.54) is 40.7 Å². The summed E-state index contributed by atoms with van der Waals surface area (Å²) in [4.78, 5) is 13.3. The minimum absolute atomic E-state index is 0.0682. The second-order valence-electron chi connectivity index (χ2n) is 8.24. The van der Waals surface area contributed by atoms with Gasteiger partial charge in [-0.3, -0.25) is 4.79 Å². The smallest absolute Gasteiger partial charge is 0.243 e. The number of nitrogens with zero attached hydrogens (tertiary/aromatic N) is 1. The predicted octanol–water partition coefficient (Wildman–Crippen LogP) is 4.51. The summed E-state index contributed by atoms with van der Waals surface area (Å²) in [5, 5.41) is 3.34. The molecule has 5 nitrogen and oxygen atoms in total. The molecule has 1 heterocycles. The number of carbonyl (C=O) groups is 1. The maximum absolute atomic E-state index is 13.3. The molecule has 0 spiro atoms. The molecule has 1 saturated heterocycles. The lowest BCUT2D eigenvalue weighted by atomic mass is 9.88. The van der Waals surface area contributed by atoms with Crippen molar-refractivity contribution in [2.24, 2.45) is 5.92 Å². The lowest BCUT2D eigenvalue weighted by molar-refractivity contribution is -0.125. The van der Waals surface area contributed by atoms with Crippen molar-refractivity contribution in [2.75, 3.05) is 13.1 Å². The maximum atomic E-state index is 13.3. The van der Waals surface area contributed by atoms with E-state index in [0.29, 0.717) is 5.02 Å². The Morgan fingerprint density at radius 2 is 1.64 bits per heavy atom. The Morgan fingerprint density at radius 3 is 2.27 bits per heavy atom. The summed E-state index contributed by atoms with van der Waals surface area (Å²) in [6, 6.07) is 19.7.